The van der Waals surface area contributed by atoms with Crippen LogP contribution >= 0.6 is 0 Å². The Morgan fingerprint density at radius 2 is 1.71 bits per heavy atom. The van der Waals surface area contributed by atoms with E-state index < -0.39 is 12.1 Å². The standard InChI is InChI=1S/C15H16N2.C2HF3O2/c16-15(9-3-10-15)13-7-5-12(6-8-13)14-4-1-2-11-17-14;3-2(4,5)1(6)7/h1-2,4-8,11H,3,9-10,16H2;(H,6,7). The van der Waals surface area contributed by atoms with E-state index in [0.717, 1.165) is 24.1 Å². The fourth-order valence-electron chi connectivity index (χ4n) is 2.35. The molecule has 0 aliphatic heterocycles. The predicted molar refractivity (Wildman–Crippen MR) is 83.1 cm³/mol. The number of carboxylic acids is 1. The molecule has 0 atom stereocenters. The first-order valence-corrected chi connectivity index (χ1v) is 7.33. The van der Waals surface area contributed by atoms with E-state index in [9.17, 15) is 13.2 Å². The first-order valence-electron chi connectivity index (χ1n) is 7.33. The summed E-state index contributed by atoms with van der Waals surface area (Å²) in [7, 11) is 0. The van der Waals surface area contributed by atoms with Crippen molar-refractivity contribution in [1.82, 2.24) is 4.98 Å². The van der Waals surface area contributed by atoms with Gasteiger partial charge in [-0.3, -0.25) is 4.98 Å². The van der Waals surface area contributed by atoms with Gasteiger partial charge in [0.1, 0.15) is 0 Å². The third-order valence-electron chi connectivity index (χ3n) is 3.91. The van der Waals surface area contributed by atoms with Crippen LogP contribution in [0.15, 0.2) is 48.7 Å². The second-order valence-electron chi connectivity index (χ2n) is 5.60. The molecule has 0 saturated heterocycles. The zero-order valence-corrected chi connectivity index (χ0v) is 12.8. The minimum atomic E-state index is -5.08. The van der Waals surface area contributed by atoms with Gasteiger partial charge in [-0.05, 0) is 37.0 Å². The van der Waals surface area contributed by atoms with Crippen LogP contribution in [0.2, 0.25) is 0 Å². The minimum Gasteiger partial charge on any atom is -0.475 e. The molecule has 128 valence electrons. The van der Waals surface area contributed by atoms with Crippen LogP contribution in [0.5, 0.6) is 0 Å². The lowest BCUT2D eigenvalue weighted by molar-refractivity contribution is -0.192. The second-order valence-corrected chi connectivity index (χ2v) is 5.60. The van der Waals surface area contributed by atoms with E-state index >= 15 is 0 Å². The maximum atomic E-state index is 10.6. The zero-order valence-electron chi connectivity index (χ0n) is 12.8. The number of carboxylic acid groups (broad SMARTS) is 1. The Bertz CT molecular complexity index is 681. The normalized spacial score (nSPS) is 15.7. The lowest BCUT2D eigenvalue weighted by Gasteiger charge is -2.38. The van der Waals surface area contributed by atoms with Crippen molar-refractivity contribution >= 4 is 5.97 Å². The van der Waals surface area contributed by atoms with Crippen LogP contribution in [-0.4, -0.2) is 22.2 Å². The molecule has 1 aliphatic carbocycles. The van der Waals surface area contributed by atoms with Crippen molar-refractivity contribution in [3.63, 3.8) is 0 Å². The van der Waals surface area contributed by atoms with Crippen molar-refractivity contribution in [1.29, 1.82) is 0 Å². The third-order valence-corrected chi connectivity index (χ3v) is 3.91. The lowest BCUT2D eigenvalue weighted by Crippen LogP contribution is -2.43. The number of hydrogen-bond donors (Lipinski definition) is 2. The summed E-state index contributed by atoms with van der Waals surface area (Å²) in [6, 6.07) is 14.5. The highest BCUT2D eigenvalue weighted by atomic mass is 19.4. The molecule has 1 heterocycles. The van der Waals surface area contributed by atoms with E-state index in [0.29, 0.717) is 0 Å². The van der Waals surface area contributed by atoms with Crippen molar-refractivity contribution in [2.75, 3.05) is 0 Å². The first-order chi connectivity index (χ1) is 11.2. The number of carbonyl (C=O) groups is 1. The largest absolute Gasteiger partial charge is 0.490 e. The summed E-state index contributed by atoms with van der Waals surface area (Å²) in [6.07, 6.45) is 0.198. The van der Waals surface area contributed by atoms with Gasteiger partial charge in [0, 0.05) is 17.3 Å². The smallest absolute Gasteiger partial charge is 0.475 e. The molecule has 24 heavy (non-hydrogen) atoms. The molecule has 0 unspecified atom stereocenters. The van der Waals surface area contributed by atoms with Gasteiger partial charge in [0.05, 0.1) is 5.69 Å². The molecule has 1 aromatic heterocycles. The molecule has 0 amide bonds. The highest BCUT2D eigenvalue weighted by Gasteiger charge is 2.38. The molecule has 1 fully saturated rings. The van der Waals surface area contributed by atoms with E-state index in [2.05, 4.69) is 29.2 Å². The number of nitrogens with two attached hydrogens (primary N) is 1. The summed E-state index contributed by atoms with van der Waals surface area (Å²) in [6.45, 7) is 0. The van der Waals surface area contributed by atoms with Crippen LogP contribution in [0.25, 0.3) is 11.3 Å². The molecule has 1 saturated carbocycles. The summed E-state index contributed by atoms with van der Waals surface area (Å²) in [4.78, 5) is 13.2. The van der Waals surface area contributed by atoms with E-state index in [-0.39, 0.29) is 5.54 Å². The lowest BCUT2D eigenvalue weighted by atomic mass is 9.72. The van der Waals surface area contributed by atoms with Crippen LogP contribution < -0.4 is 5.73 Å². The molecule has 0 bridgehead atoms. The van der Waals surface area contributed by atoms with E-state index in [1.807, 2.05) is 24.4 Å². The van der Waals surface area contributed by atoms with E-state index in [4.69, 9.17) is 15.6 Å². The van der Waals surface area contributed by atoms with Gasteiger partial charge in [-0.15, -0.1) is 0 Å². The Hall–Kier alpha value is -2.41. The van der Waals surface area contributed by atoms with Gasteiger partial charge in [-0.2, -0.15) is 13.2 Å². The number of pyridine rings is 1. The summed E-state index contributed by atoms with van der Waals surface area (Å²) in [5.74, 6) is -2.76. The maximum Gasteiger partial charge on any atom is 0.490 e. The Labute approximate surface area is 137 Å². The summed E-state index contributed by atoms with van der Waals surface area (Å²) < 4.78 is 31.7. The van der Waals surface area contributed by atoms with Crippen molar-refractivity contribution in [3.8, 4) is 11.3 Å². The predicted octanol–water partition coefficient (Wildman–Crippen LogP) is 3.72. The molecule has 2 aromatic rings. The van der Waals surface area contributed by atoms with Gasteiger partial charge >= 0.3 is 12.1 Å². The highest BCUT2D eigenvalue weighted by molar-refractivity contribution is 5.73. The number of aromatic nitrogens is 1. The van der Waals surface area contributed by atoms with Crippen molar-refractivity contribution in [2.45, 2.75) is 31.0 Å². The first kappa shape index (κ1) is 17.9. The van der Waals surface area contributed by atoms with Gasteiger partial charge in [-0.1, -0.05) is 30.3 Å². The van der Waals surface area contributed by atoms with E-state index in [1.165, 1.54) is 12.0 Å². The van der Waals surface area contributed by atoms with Crippen LogP contribution in [0.1, 0.15) is 24.8 Å². The van der Waals surface area contributed by atoms with Crippen molar-refractivity contribution in [3.05, 3.63) is 54.2 Å². The van der Waals surface area contributed by atoms with Gasteiger partial charge in [0.25, 0.3) is 0 Å². The SMILES string of the molecule is NC1(c2ccc(-c3ccccn3)cc2)CCC1.O=C(O)C(F)(F)F. The van der Waals surface area contributed by atoms with Gasteiger partial charge in [-0.25, -0.2) is 4.79 Å². The molecular formula is C17H17F3N2O2. The quantitative estimate of drug-likeness (QED) is 0.875. The fourth-order valence-corrected chi connectivity index (χ4v) is 2.35. The molecule has 1 aliphatic rings. The molecule has 0 radical (unpaired) electrons. The third kappa shape index (κ3) is 4.32. The van der Waals surface area contributed by atoms with Crippen LogP contribution in [0, 0.1) is 0 Å². The Balaban J connectivity index is 0.000000256. The minimum absolute atomic E-state index is 0.0668. The number of rotatable bonds is 2. The molecule has 7 heteroatoms. The van der Waals surface area contributed by atoms with Crippen LogP contribution in [-0.2, 0) is 10.3 Å². The Kier molecular flexibility index (Phi) is 5.23. The van der Waals surface area contributed by atoms with Crippen LogP contribution in [0.3, 0.4) is 0 Å². The molecule has 3 rings (SSSR count). The van der Waals surface area contributed by atoms with Gasteiger partial charge < -0.3 is 10.8 Å². The highest BCUT2D eigenvalue weighted by Crippen LogP contribution is 2.38. The number of hydrogen-bond acceptors (Lipinski definition) is 3. The molecule has 1 aromatic carbocycles. The average Bonchev–Trinajstić information content (AvgIpc) is 2.53. The number of alkyl halides is 3. The fraction of sp³-hybridized carbons (Fsp3) is 0.294. The maximum absolute atomic E-state index is 10.6. The molecule has 4 nitrogen and oxygen atoms in total. The average molecular weight is 338 g/mol. The van der Waals surface area contributed by atoms with Gasteiger partial charge in [0.2, 0.25) is 0 Å². The summed E-state index contributed by atoms with van der Waals surface area (Å²) in [5.41, 5.74) is 9.65. The number of halogens is 3. The Morgan fingerprint density at radius 1 is 1.12 bits per heavy atom. The summed E-state index contributed by atoms with van der Waals surface area (Å²) >= 11 is 0. The van der Waals surface area contributed by atoms with E-state index in [1.54, 1.807) is 0 Å². The number of nitrogens with zero attached hydrogens (tertiary/aromatic N) is 1. The number of aliphatic carboxylic acids is 1. The zero-order chi connectivity index (χ0) is 17.8. The Morgan fingerprint density at radius 3 is 2.08 bits per heavy atom. The van der Waals surface area contributed by atoms with Crippen LogP contribution in [0.4, 0.5) is 13.2 Å². The van der Waals surface area contributed by atoms with Crippen molar-refractivity contribution in [2.24, 2.45) is 5.73 Å². The monoisotopic (exact) mass is 338 g/mol. The second kappa shape index (κ2) is 7.00. The molecule has 0 spiro atoms. The molecule has 3 N–H and O–H groups in total. The topological polar surface area (TPSA) is 76.2 Å². The molecular weight excluding hydrogens is 321 g/mol. The number of benzene rings is 1. The van der Waals surface area contributed by atoms with Gasteiger partial charge in [0.15, 0.2) is 0 Å². The van der Waals surface area contributed by atoms with Crippen molar-refractivity contribution < 1.29 is 23.1 Å². The summed E-state index contributed by atoms with van der Waals surface area (Å²) in [5, 5.41) is 7.12.